The maximum atomic E-state index is 9.65. The molecule has 3 nitrogen and oxygen atoms in total. The van der Waals surface area contributed by atoms with Gasteiger partial charge < -0.3 is 15.7 Å². The molecule has 4 unspecified atom stereocenters. The molecule has 2 fully saturated rings. The molecule has 2 rings (SSSR count). The molecule has 0 aromatic heterocycles. The summed E-state index contributed by atoms with van der Waals surface area (Å²) in [5.41, 5.74) is 6.32. The van der Waals surface area contributed by atoms with E-state index in [1.54, 1.807) is 0 Å². The van der Waals surface area contributed by atoms with E-state index >= 15 is 0 Å². The van der Waals surface area contributed by atoms with Gasteiger partial charge in [-0.05, 0) is 69.9 Å². The molecule has 3 N–H and O–H groups in total. The van der Waals surface area contributed by atoms with Crippen LogP contribution in [0.3, 0.4) is 0 Å². The van der Waals surface area contributed by atoms with Gasteiger partial charge in [0, 0.05) is 12.6 Å². The van der Waals surface area contributed by atoms with E-state index in [2.05, 4.69) is 11.8 Å². The van der Waals surface area contributed by atoms with E-state index in [9.17, 15) is 5.11 Å². The lowest BCUT2D eigenvalue weighted by Crippen LogP contribution is -2.46. The molecule has 1 heterocycles. The zero-order valence-corrected chi connectivity index (χ0v) is 12.7. The monoisotopic (exact) mass is 268 g/mol. The Morgan fingerprint density at radius 1 is 1.21 bits per heavy atom. The summed E-state index contributed by atoms with van der Waals surface area (Å²) in [6.45, 7) is 7.73. The lowest BCUT2D eigenvalue weighted by molar-refractivity contribution is 0.0588. The second-order valence-electron chi connectivity index (χ2n) is 6.89. The molecule has 2 aliphatic rings. The minimum Gasteiger partial charge on any atom is -0.393 e. The van der Waals surface area contributed by atoms with Gasteiger partial charge in [0.25, 0.3) is 0 Å². The second kappa shape index (κ2) is 7.05. The molecule has 19 heavy (non-hydrogen) atoms. The number of hydrogen-bond acceptors (Lipinski definition) is 3. The zero-order chi connectivity index (χ0) is 13.8. The molecule has 4 atom stereocenters. The number of nitrogens with zero attached hydrogens (tertiary/aromatic N) is 1. The van der Waals surface area contributed by atoms with Crippen LogP contribution in [-0.2, 0) is 0 Å². The molecule has 3 heteroatoms. The minimum absolute atomic E-state index is 0.136. The molecule has 1 saturated heterocycles. The highest BCUT2D eigenvalue weighted by atomic mass is 16.3. The Hall–Kier alpha value is -0.120. The molecule has 0 aromatic rings. The van der Waals surface area contributed by atoms with E-state index < -0.39 is 0 Å². The van der Waals surface area contributed by atoms with E-state index in [0.29, 0.717) is 17.9 Å². The Bertz CT molecular complexity index is 261. The average Bonchev–Trinajstić information content (AvgIpc) is 2.42. The van der Waals surface area contributed by atoms with Gasteiger partial charge in [-0.3, -0.25) is 0 Å². The highest BCUT2D eigenvalue weighted by Gasteiger charge is 2.30. The summed E-state index contributed by atoms with van der Waals surface area (Å²) in [4.78, 5) is 2.58. The number of piperidine rings is 1. The standard InChI is InChI=1S/C16H32N2O/c1-3-13-4-5-16(17)15(10-13)11-18-8-6-14(7-9-18)12(2)19/h12-16,19H,3-11,17H2,1-2H3. The third kappa shape index (κ3) is 4.17. The molecule has 0 aromatic carbocycles. The van der Waals surface area contributed by atoms with Crippen LogP contribution in [0.25, 0.3) is 0 Å². The van der Waals surface area contributed by atoms with Crippen LogP contribution >= 0.6 is 0 Å². The molecule has 1 aliphatic carbocycles. The lowest BCUT2D eigenvalue weighted by atomic mass is 9.77. The summed E-state index contributed by atoms with van der Waals surface area (Å²) < 4.78 is 0. The predicted octanol–water partition coefficient (Wildman–Crippen LogP) is 2.23. The van der Waals surface area contributed by atoms with Gasteiger partial charge in [-0.1, -0.05) is 13.3 Å². The van der Waals surface area contributed by atoms with Crippen LogP contribution < -0.4 is 5.73 Å². The van der Waals surface area contributed by atoms with Crippen molar-refractivity contribution in [3.8, 4) is 0 Å². The highest BCUT2D eigenvalue weighted by Crippen LogP contribution is 2.32. The number of aliphatic hydroxyl groups is 1. The summed E-state index contributed by atoms with van der Waals surface area (Å²) in [6, 6.07) is 0.414. The van der Waals surface area contributed by atoms with Crippen LogP contribution in [-0.4, -0.2) is 41.8 Å². The van der Waals surface area contributed by atoms with Crippen LogP contribution in [0, 0.1) is 17.8 Å². The fraction of sp³-hybridized carbons (Fsp3) is 1.00. The Balaban J connectivity index is 1.78. The van der Waals surface area contributed by atoms with Crippen LogP contribution in [0.5, 0.6) is 0 Å². The Morgan fingerprint density at radius 2 is 1.89 bits per heavy atom. The number of rotatable bonds is 4. The number of aliphatic hydroxyl groups excluding tert-OH is 1. The van der Waals surface area contributed by atoms with Crippen molar-refractivity contribution in [1.29, 1.82) is 0 Å². The van der Waals surface area contributed by atoms with Gasteiger partial charge in [0.1, 0.15) is 0 Å². The zero-order valence-electron chi connectivity index (χ0n) is 12.7. The molecule has 0 radical (unpaired) electrons. The Kier molecular flexibility index (Phi) is 5.67. The maximum absolute atomic E-state index is 9.65. The number of likely N-dealkylation sites (tertiary alicyclic amines) is 1. The van der Waals surface area contributed by atoms with E-state index in [0.717, 1.165) is 31.8 Å². The fourth-order valence-corrected chi connectivity index (χ4v) is 3.91. The molecule has 0 bridgehead atoms. The normalized spacial score (nSPS) is 36.3. The number of nitrogens with two attached hydrogens (primary N) is 1. The van der Waals surface area contributed by atoms with Crippen LogP contribution in [0.4, 0.5) is 0 Å². The summed E-state index contributed by atoms with van der Waals surface area (Å²) in [7, 11) is 0. The van der Waals surface area contributed by atoms with E-state index in [1.807, 2.05) is 6.92 Å². The molecule has 1 aliphatic heterocycles. The first-order chi connectivity index (χ1) is 9.10. The summed E-state index contributed by atoms with van der Waals surface area (Å²) in [6.07, 6.45) is 7.35. The van der Waals surface area contributed by atoms with E-state index in [1.165, 1.54) is 32.2 Å². The van der Waals surface area contributed by atoms with E-state index in [4.69, 9.17) is 5.73 Å². The maximum Gasteiger partial charge on any atom is 0.0541 e. The smallest absolute Gasteiger partial charge is 0.0541 e. The summed E-state index contributed by atoms with van der Waals surface area (Å²) in [5, 5.41) is 9.65. The molecule has 0 amide bonds. The third-order valence-electron chi connectivity index (χ3n) is 5.53. The summed E-state index contributed by atoms with van der Waals surface area (Å²) in [5.74, 6) is 2.11. The van der Waals surface area contributed by atoms with Crippen molar-refractivity contribution in [1.82, 2.24) is 4.90 Å². The van der Waals surface area contributed by atoms with Gasteiger partial charge in [0.2, 0.25) is 0 Å². The van der Waals surface area contributed by atoms with Crippen molar-refractivity contribution in [3.05, 3.63) is 0 Å². The van der Waals surface area contributed by atoms with Gasteiger partial charge in [-0.2, -0.15) is 0 Å². The van der Waals surface area contributed by atoms with Crippen molar-refractivity contribution in [2.45, 2.75) is 64.5 Å². The van der Waals surface area contributed by atoms with Crippen molar-refractivity contribution in [2.24, 2.45) is 23.5 Å². The first kappa shape index (κ1) is 15.3. The van der Waals surface area contributed by atoms with Crippen LogP contribution in [0.1, 0.15) is 52.4 Å². The van der Waals surface area contributed by atoms with Crippen LogP contribution in [0.2, 0.25) is 0 Å². The van der Waals surface area contributed by atoms with Crippen LogP contribution in [0.15, 0.2) is 0 Å². The van der Waals surface area contributed by atoms with Gasteiger partial charge in [0.15, 0.2) is 0 Å². The second-order valence-corrected chi connectivity index (χ2v) is 6.89. The SMILES string of the molecule is CCC1CCC(N)C(CN2CCC(C(C)O)CC2)C1. The average molecular weight is 268 g/mol. The van der Waals surface area contributed by atoms with E-state index in [-0.39, 0.29) is 6.10 Å². The molecular weight excluding hydrogens is 236 g/mol. The first-order valence-corrected chi connectivity index (χ1v) is 8.26. The molecule has 112 valence electrons. The third-order valence-corrected chi connectivity index (χ3v) is 5.53. The Morgan fingerprint density at radius 3 is 2.47 bits per heavy atom. The fourth-order valence-electron chi connectivity index (χ4n) is 3.91. The largest absolute Gasteiger partial charge is 0.393 e. The highest BCUT2D eigenvalue weighted by molar-refractivity contribution is 4.85. The number of hydrogen-bond donors (Lipinski definition) is 2. The minimum atomic E-state index is -0.136. The topological polar surface area (TPSA) is 49.5 Å². The summed E-state index contributed by atoms with van der Waals surface area (Å²) >= 11 is 0. The van der Waals surface area contributed by atoms with Crippen molar-refractivity contribution in [2.75, 3.05) is 19.6 Å². The van der Waals surface area contributed by atoms with Gasteiger partial charge in [-0.25, -0.2) is 0 Å². The molecule has 1 saturated carbocycles. The quantitative estimate of drug-likeness (QED) is 0.822. The van der Waals surface area contributed by atoms with Crippen molar-refractivity contribution >= 4 is 0 Å². The molecule has 0 spiro atoms. The molecular formula is C16H32N2O. The van der Waals surface area contributed by atoms with Gasteiger partial charge in [0.05, 0.1) is 6.10 Å². The van der Waals surface area contributed by atoms with Crippen molar-refractivity contribution in [3.63, 3.8) is 0 Å². The van der Waals surface area contributed by atoms with Gasteiger partial charge in [-0.15, -0.1) is 0 Å². The first-order valence-electron chi connectivity index (χ1n) is 8.26. The predicted molar refractivity (Wildman–Crippen MR) is 79.9 cm³/mol. The van der Waals surface area contributed by atoms with Gasteiger partial charge >= 0.3 is 0 Å². The van der Waals surface area contributed by atoms with Crippen molar-refractivity contribution < 1.29 is 5.11 Å². The Labute approximate surface area is 118 Å². The lowest BCUT2D eigenvalue weighted by Gasteiger charge is -2.40.